The van der Waals surface area contributed by atoms with Gasteiger partial charge in [0.15, 0.2) is 5.78 Å². The zero-order chi connectivity index (χ0) is 14.7. The molecule has 1 aliphatic rings. The number of anilines is 1. The Balaban J connectivity index is 1.84. The number of hydrogen-bond acceptors (Lipinski definition) is 4. The van der Waals surface area contributed by atoms with Crippen molar-refractivity contribution in [3.63, 3.8) is 0 Å². The molecule has 1 aliphatic heterocycles. The third-order valence-corrected chi connectivity index (χ3v) is 4.75. The molecule has 0 atom stereocenters. The number of nitrogens with one attached hydrogen (secondary N) is 1. The Hall–Kier alpha value is -1.46. The fraction of sp³-hybridized carbons (Fsp3) is 0.188. The molecule has 0 fully saturated rings. The molecule has 0 aromatic heterocycles. The van der Waals surface area contributed by atoms with Gasteiger partial charge in [0.2, 0.25) is 0 Å². The Kier molecular flexibility index (Phi) is 4.51. The van der Waals surface area contributed by atoms with Gasteiger partial charge in [-0.05, 0) is 17.7 Å². The average molecular weight is 364 g/mol. The van der Waals surface area contributed by atoms with Gasteiger partial charge in [0.1, 0.15) is 12.4 Å². The summed E-state index contributed by atoms with van der Waals surface area (Å²) in [5, 5.41) is 3.63. The van der Waals surface area contributed by atoms with Crippen molar-refractivity contribution in [2.75, 3.05) is 16.5 Å². The minimum Gasteiger partial charge on any atom is -0.487 e. The monoisotopic (exact) mass is 363 g/mol. The topological polar surface area (TPSA) is 38.3 Å². The molecule has 3 nitrogen and oxygen atoms in total. The lowest BCUT2D eigenvalue weighted by atomic mass is 10.1. The number of halogens is 1. The number of thioether (sulfide) groups is 1. The first-order valence-corrected chi connectivity index (χ1v) is 8.70. The number of alkyl halides is 1. The number of Topliss-reactive ketones (excluding diaryl/α,β-unsaturated/α-hetero) is 1. The summed E-state index contributed by atoms with van der Waals surface area (Å²) in [4.78, 5) is 12.9. The van der Waals surface area contributed by atoms with Crippen LogP contribution in [0.2, 0.25) is 0 Å². The van der Waals surface area contributed by atoms with E-state index in [-0.39, 0.29) is 5.78 Å². The SMILES string of the molecule is O=C(CBr)c1ccc(OCc2ccccc2)c2c1SCN2. The number of carbonyl (C=O) groups excluding carboxylic acids is 1. The molecule has 0 saturated carbocycles. The van der Waals surface area contributed by atoms with E-state index in [1.165, 1.54) is 0 Å². The Morgan fingerprint density at radius 1 is 1.24 bits per heavy atom. The minimum absolute atomic E-state index is 0.0945. The Morgan fingerprint density at radius 3 is 2.81 bits per heavy atom. The van der Waals surface area contributed by atoms with E-state index in [0.717, 1.165) is 33.3 Å². The summed E-state index contributed by atoms with van der Waals surface area (Å²) in [5.74, 6) is 1.66. The standard InChI is InChI=1S/C16H14BrNO2S/c17-8-13(19)12-6-7-14(15-16(12)21-10-18-15)20-9-11-4-2-1-3-5-11/h1-7,18H,8-10H2. The lowest BCUT2D eigenvalue weighted by Crippen LogP contribution is -2.04. The summed E-state index contributed by atoms with van der Waals surface area (Å²) in [6.07, 6.45) is 0. The van der Waals surface area contributed by atoms with Crippen LogP contribution in [-0.2, 0) is 6.61 Å². The van der Waals surface area contributed by atoms with Crippen LogP contribution in [0.5, 0.6) is 5.75 Å². The molecule has 0 amide bonds. The van der Waals surface area contributed by atoms with E-state index in [0.29, 0.717) is 11.9 Å². The maximum Gasteiger partial charge on any atom is 0.174 e. The van der Waals surface area contributed by atoms with E-state index in [2.05, 4.69) is 21.2 Å². The second-order valence-corrected chi connectivity index (χ2v) is 6.16. The van der Waals surface area contributed by atoms with Gasteiger partial charge in [-0.25, -0.2) is 0 Å². The molecule has 0 bridgehead atoms. The molecule has 3 rings (SSSR count). The van der Waals surface area contributed by atoms with Crippen molar-refractivity contribution in [1.82, 2.24) is 0 Å². The molecule has 0 saturated heterocycles. The van der Waals surface area contributed by atoms with Crippen LogP contribution in [0, 0.1) is 0 Å². The van der Waals surface area contributed by atoms with Gasteiger partial charge in [-0.1, -0.05) is 46.3 Å². The van der Waals surface area contributed by atoms with Crippen LogP contribution in [0.1, 0.15) is 15.9 Å². The number of carbonyl (C=O) groups is 1. The largest absolute Gasteiger partial charge is 0.487 e. The van der Waals surface area contributed by atoms with E-state index in [9.17, 15) is 4.79 Å². The summed E-state index contributed by atoms with van der Waals surface area (Å²) < 4.78 is 5.90. The molecule has 0 spiro atoms. The number of ether oxygens (including phenoxy) is 1. The van der Waals surface area contributed by atoms with Crippen LogP contribution in [0.15, 0.2) is 47.4 Å². The van der Waals surface area contributed by atoms with E-state index in [4.69, 9.17) is 4.74 Å². The summed E-state index contributed by atoms with van der Waals surface area (Å²) in [6, 6.07) is 13.8. The third-order valence-electron chi connectivity index (χ3n) is 3.24. The van der Waals surface area contributed by atoms with Gasteiger partial charge in [0, 0.05) is 10.5 Å². The normalized spacial score (nSPS) is 12.6. The molecule has 0 radical (unpaired) electrons. The lowest BCUT2D eigenvalue weighted by Gasteiger charge is -2.12. The number of fused-ring (bicyclic) bond motifs is 1. The molecule has 2 aromatic carbocycles. The second-order valence-electron chi connectivity index (χ2n) is 4.61. The molecule has 1 N–H and O–H groups in total. The Morgan fingerprint density at radius 2 is 2.05 bits per heavy atom. The highest BCUT2D eigenvalue weighted by Crippen LogP contribution is 2.43. The van der Waals surface area contributed by atoms with Crippen LogP contribution in [0.25, 0.3) is 0 Å². The summed E-state index contributed by atoms with van der Waals surface area (Å²) >= 11 is 4.87. The first kappa shape index (κ1) is 14.5. The van der Waals surface area contributed by atoms with Gasteiger partial charge in [0.05, 0.1) is 16.9 Å². The first-order chi connectivity index (χ1) is 10.3. The number of ketones is 1. The van der Waals surface area contributed by atoms with Crippen molar-refractivity contribution < 1.29 is 9.53 Å². The van der Waals surface area contributed by atoms with Crippen molar-refractivity contribution in [2.24, 2.45) is 0 Å². The summed E-state index contributed by atoms with van der Waals surface area (Å²) in [6.45, 7) is 0.519. The lowest BCUT2D eigenvalue weighted by molar-refractivity contribution is 0.102. The number of rotatable bonds is 5. The zero-order valence-corrected chi connectivity index (χ0v) is 13.7. The maximum absolute atomic E-state index is 11.9. The number of benzene rings is 2. The third kappa shape index (κ3) is 3.09. The van der Waals surface area contributed by atoms with E-state index in [1.54, 1.807) is 11.8 Å². The Bertz CT molecular complexity index is 661. The predicted molar refractivity (Wildman–Crippen MR) is 89.7 cm³/mol. The summed E-state index contributed by atoms with van der Waals surface area (Å²) in [7, 11) is 0. The van der Waals surface area contributed by atoms with Gasteiger partial charge >= 0.3 is 0 Å². The van der Waals surface area contributed by atoms with Gasteiger partial charge in [-0.15, -0.1) is 11.8 Å². The highest BCUT2D eigenvalue weighted by Gasteiger charge is 2.22. The van der Waals surface area contributed by atoms with Crippen LogP contribution < -0.4 is 10.1 Å². The van der Waals surface area contributed by atoms with Crippen molar-refractivity contribution in [2.45, 2.75) is 11.5 Å². The highest BCUT2D eigenvalue weighted by molar-refractivity contribution is 9.09. The zero-order valence-electron chi connectivity index (χ0n) is 11.3. The Labute approximate surface area is 136 Å². The van der Waals surface area contributed by atoms with Crippen molar-refractivity contribution >= 4 is 39.2 Å². The summed E-state index contributed by atoms with van der Waals surface area (Å²) in [5.41, 5.74) is 2.81. The number of hydrogen-bond donors (Lipinski definition) is 1. The second kappa shape index (κ2) is 6.54. The fourth-order valence-corrected chi connectivity index (χ4v) is 3.53. The van der Waals surface area contributed by atoms with Crippen molar-refractivity contribution in [3.05, 3.63) is 53.6 Å². The average Bonchev–Trinajstić information content (AvgIpc) is 3.02. The van der Waals surface area contributed by atoms with Crippen LogP contribution in [0.4, 0.5) is 5.69 Å². The quantitative estimate of drug-likeness (QED) is 0.634. The molecular formula is C16H14BrNO2S. The molecular weight excluding hydrogens is 350 g/mol. The van der Waals surface area contributed by atoms with Crippen LogP contribution in [-0.4, -0.2) is 17.0 Å². The van der Waals surface area contributed by atoms with E-state index in [1.807, 2.05) is 42.5 Å². The molecule has 5 heteroatoms. The van der Waals surface area contributed by atoms with Gasteiger partial charge in [-0.3, -0.25) is 4.79 Å². The van der Waals surface area contributed by atoms with Crippen LogP contribution in [0.3, 0.4) is 0 Å². The predicted octanol–water partition coefficient (Wildman–Crippen LogP) is 4.32. The van der Waals surface area contributed by atoms with Crippen LogP contribution >= 0.6 is 27.7 Å². The molecule has 108 valence electrons. The fourth-order valence-electron chi connectivity index (χ4n) is 2.21. The van der Waals surface area contributed by atoms with Gasteiger partial charge in [0.25, 0.3) is 0 Å². The molecule has 1 heterocycles. The van der Waals surface area contributed by atoms with Crippen molar-refractivity contribution in [3.8, 4) is 5.75 Å². The van der Waals surface area contributed by atoms with E-state index >= 15 is 0 Å². The highest BCUT2D eigenvalue weighted by atomic mass is 79.9. The van der Waals surface area contributed by atoms with Crippen molar-refractivity contribution in [1.29, 1.82) is 0 Å². The first-order valence-electron chi connectivity index (χ1n) is 6.59. The van der Waals surface area contributed by atoms with E-state index < -0.39 is 0 Å². The molecule has 0 aliphatic carbocycles. The maximum atomic E-state index is 11.9. The molecule has 0 unspecified atom stereocenters. The smallest absolute Gasteiger partial charge is 0.174 e. The molecule has 21 heavy (non-hydrogen) atoms. The minimum atomic E-state index is 0.0945. The van der Waals surface area contributed by atoms with Gasteiger partial charge < -0.3 is 10.1 Å². The van der Waals surface area contributed by atoms with Gasteiger partial charge in [-0.2, -0.15) is 0 Å². The molecule has 2 aromatic rings.